The lowest BCUT2D eigenvalue weighted by molar-refractivity contribution is -0.192. The summed E-state index contributed by atoms with van der Waals surface area (Å²) < 4.78 is 55.4. The molecule has 3 N–H and O–H groups in total. The van der Waals surface area contributed by atoms with E-state index in [2.05, 4.69) is 4.98 Å². The van der Waals surface area contributed by atoms with Gasteiger partial charge in [-0.3, -0.25) is 19.4 Å². The van der Waals surface area contributed by atoms with Crippen molar-refractivity contribution < 1.29 is 41.5 Å². The highest BCUT2D eigenvalue weighted by Crippen LogP contribution is 2.25. The van der Waals surface area contributed by atoms with Gasteiger partial charge >= 0.3 is 12.1 Å². The van der Waals surface area contributed by atoms with Crippen LogP contribution >= 0.6 is 0 Å². The molecular weight excluding hydrogens is 545 g/mol. The van der Waals surface area contributed by atoms with Crippen LogP contribution in [0.4, 0.5) is 18.9 Å². The number of carbonyl (C=O) groups excluding carboxylic acids is 1. The highest BCUT2D eigenvalue weighted by molar-refractivity contribution is 7.92. The van der Waals surface area contributed by atoms with Gasteiger partial charge in [0, 0.05) is 32.6 Å². The number of amides is 1. The van der Waals surface area contributed by atoms with Crippen molar-refractivity contribution in [1.82, 2.24) is 15.0 Å². The molecule has 1 heterocycles. The molecule has 0 radical (unpaired) electrons. The molecular formula is C24H27F3N4O7S. The average molecular weight is 573 g/mol. The largest absolute Gasteiger partial charge is 0.490 e. The van der Waals surface area contributed by atoms with E-state index in [1.54, 1.807) is 6.07 Å². The van der Waals surface area contributed by atoms with Crippen molar-refractivity contribution in [2.24, 2.45) is 0 Å². The molecule has 11 nitrogen and oxygen atoms in total. The fourth-order valence-electron chi connectivity index (χ4n) is 3.37. The zero-order valence-corrected chi connectivity index (χ0v) is 22.2. The van der Waals surface area contributed by atoms with Crippen LogP contribution in [0.2, 0.25) is 0 Å². The van der Waals surface area contributed by atoms with E-state index >= 15 is 0 Å². The van der Waals surface area contributed by atoms with E-state index in [0.29, 0.717) is 10.9 Å². The van der Waals surface area contributed by atoms with Crippen molar-refractivity contribution in [3.05, 3.63) is 59.1 Å². The Morgan fingerprint density at radius 3 is 2.08 bits per heavy atom. The van der Waals surface area contributed by atoms with Crippen LogP contribution < -0.4 is 15.9 Å². The van der Waals surface area contributed by atoms with Gasteiger partial charge in [0.25, 0.3) is 11.5 Å². The zero-order valence-electron chi connectivity index (χ0n) is 21.4. The predicted molar refractivity (Wildman–Crippen MR) is 137 cm³/mol. The maximum Gasteiger partial charge on any atom is 0.490 e. The topological polar surface area (TPSA) is 159 Å². The number of hydrogen-bond acceptors (Lipinski definition) is 8. The Morgan fingerprint density at radius 1 is 1.08 bits per heavy atom. The van der Waals surface area contributed by atoms with Crippen LogP contribution in [0, 0.1) is 0 Å². The molecule has 1 atom stereocenters. The van der Waals surface area contributed by atoms with Crippen molar-refractivity contribution in [3.8, 4) is 11.1 Å². The van der Waals surface area contributed by atoms with Gasteiger partial charge < -0.3 is 10.0 Å². The molecule has 39 heavy (non-hydrogen) atoms. The number of carboxylic acids is 1. The number of aliphatic carboxylic acids is 1. The van der Waals surface area contributed by atoms with Crippen molar-refractivity contribution in [1.29, 1.82) is 0 Å². The normalized spacial score (nSPS) is 13.1. The van der Waals surface area contributed by atoms with Gasteiger partial charge in [0.1, 0.15) is 0 Å². The smallest absolute Gasteiger partial charge is 0.475 e. The third-order valence-electron chi connectivity index (χ3n) is 6.01. The van der Waals surface area contributed by atoms with E-state index in [0.717, 1.165) is 23.1 Å². The molecule has 1 aromatic heterocycles. The molecule has 0 aliphatic heterocycles. The van der Waals surface area contributed by atoms with Gasteiger partial charge in [-0.2, -0.15) is 13.2 Å². The number of anilines is 1. The van der Waals surface area contributed by atoms with E-state index < -0.39 is 32.6 Å². The van der Waals surface area contributed by atoms with Gasteiger partial charge in [-0.25, -0.2) is 23.7 Å². The summed E-state index contributed by atoms with van der Waals surface area (Å²) >= 11 is 0. The highest BCUT2D eigenvalue weighted by Gasteiger charge is 2.43. The number of carboxylic acid groups (broad SMARTS) is 1. The number of rotatable bonds is 7. The monoisotopic (exact) mass is 572 g/mol. The summed E-state index contributed by atoms with van der Waals surface area (Å²) in [6.45, 7) is 1.15. The van der Waals surface area contributed by atoms with Crippen LogP contribution in [0.25, 0.3) is 22.0 Å². The highest BCUT2D eigenvalue weighted by atomic mass is 32.2. The summed E-state index contributed by atoms with van der Waals surface area (Å²) in [7, 11) is 0.0770. The standard InChI is InChI=1S/C22H26N4O5S.C2HF3O2/c1-22(21(28)24-29,32(4,30)31)11-12-26-14-23-19-13-16(7-10-18(19)20(26)27)15-5-8-17(9-6-15)25(2)3;3-2(4,5)1(6)7/h5-10,13-14,29H,11-12H2,1-4H3,(H,24,28);(H,6,7)/t22-;/m1./s1. The fourth-order valence-corrected chi connectivity index (χ4v) is 4.21. The summed E-state index contributed by atoms with van der Waals surface area (Å²) in [4.78, 5) is 40.2. The zero-order chi connectivity index (χ0) is 29.8. The second-order valence-electron chi connectivity index (χ2n) is 8.91. The number of nitrogens with one attached hydrogen (secondary N) is 1. The third kappa shape index (κ3) is 7.32. The SMILES string of the molecule is CN(C)c1ccc(-c2ccc3c(=O)n(CC[C@](C)(C(=O)NO)S(C)(=O)=O)cnc3c2)cc1.O=C(O)C(F)(F)F. The number of halogens is 3. The lowest BCUT2D eigenvalue weighted by Crippen LogP contribution is -2.50. The Labute approximate surface area is 221 Å². The van der Waals surface area contributed by atoms with Crippen LogP contribution in [0.5, 0.6) is 0 Å². The molecule has 1 amide bonds. The number of aryl methyl sites for hydroxylation is 1. The van der Waals surface area contributed by atoms with Crippen molar-refractivity contribution in [3.63, 3.8) is 0 Å². The molecule has 212 valence electrons. The van der Waals surface area contributed by atoms with Gasteiger partial charge in [0.05, 0.1) is 17.2 Å². The number of aromatic nitrogens is 2. The summed E-state index contributed by atoms with van der Waals surface area (Å²) in [6.07, 6.45) is -3.04. The predicted octanol–water partition coefficient (Wildman–Crippen LogP) is 2.46. The number of nitrogens with zero attached hydrogens (tertiary/aromatic N) is 3. The number of benzene rings is 2. The van der Waals surface area contributed by atoms with E-state index in [1.807, 2.05) is 55.4 Å². The summed E-state index contributed by atoms with van der Waals surface area (Å²) in [5.41, 5.74) is 4.55. The molecule has 0 saturated heterocycles. The molecule has 0 unspecified atom stereocenters. The summed E-state index contributed by atoms with van der Waals surface area (Å²) in [5, 5.41) is 16.4. The van der Waals surface area contributed by atoms with Crippen molar-refractivity contribution in [2.45, 2.75) is 30.8 Å². The molecule has 3 rings (SSSR count). The lowest BCUT2D eigenvalue weighted by Gasteiger charge is -2.25. The van der Waals surface area contributed by atoms with E-state index in [4.69, 9.17) is 15.1 Å². The van der Waals surface area contributed by atoms with Crippen LogP contribution in [0.1, 0.15) is 13.3 Å². The lowest BCUT2D eigenvalue weighted by atomic mass is 10.0. The average Bonchev–Trinajstić information content (AvgIpc) is 2.86. The first-order chi connectivity index (χ1) is 17.9. The van der Waals surface area contributed by atoms with Crippen LogP contribution in [0.15, 0.2) is 53.6 Å². The number of hydroxylamine groups is 1. The van der Waals surface area contributed by atoms with Crippen LogP contribution in [-0.4, -0.2) is 71.4 Å². The second kappa shape index (κ2) is 11.8. The molecule has 0 spiro atoms. The summed E-state index contributed by atoms with van der Waals surface area (Å²) in [6, 6.07) is 13.3. The molecule has 15 heteroatoms. The fraction of sp³-hybridized carbons (Fsp3) is 0.333. The van der Waals surface area contributed by atoms with E-state index in [9.17, 15) is 31.2 Å². The molecule has 2 aromatic carbocycles. The third-order valence-corrected chi connectivity index (χ3v) is 8.04. The maximum atomic E-state index is 12.9. The van der Waals surface area contributed by atoms with Crippen LogP contribution in [0.3, 0.4) is 0 Å². The van der Waals surface area contributed by atoms with E-state index in [1.165, 1.54) is 23.3 Å². The Kier molecular flexibility index (Phi) is 9.47. The first-order valence-electron chi connectivity index (χ1n) is 11.1. The van der Waals surface area contributed by atoms with E-state index in [-0.39, 0.29) is 18.5 Å². The summed E-state index contributed by atoms with van der Waals surface area (Å²) in [5.74, 6) is -3.81. The molecule has 0 aliphatic rings. The molecule has 3 aromatic rings. The van der Waals surface area contributed by atoms with Gasteiger partial charge in [-0.15, -0.1) is 0 Å². The Bertz CT molecular complexity index is 1520. The molecule has 0 fully saturated rings. The minimum atomic E-state index is -5.08. The number of alkyl halides is 3. The van der Waals surface area contributed by atoms with Gasteiger partial charge in [-0.05, 0) is 48.7 Å². The van der Waals surface area contributed by atoms with Crippen molar-refractivity contribution in [2.75, 3.05) is 25.3 Å². The van der Waals surface area contributed by atoms with Gasteiger partial charge in [-0.1, -0.05) is 18.2 Å². The molecule has 0 aliphatic carbocycles. The number of fused-ring (bicyclic) bond motifs is 1. The number of carbonyl (C=O) groups is 2. The minimum absolute atomic E-state index is 0.0630. The van der Waals surface area contributed by atoms with Crippen molar-refractivity contribution >= 4 is 38.3 Å². The molecule has 0 saturated carbocycles. The number of sulfone groups is 1. The first-order valence-corrected chi connectivity index (χ1v) is 13.0. The van der Waals surface area contributed by atoms with Gasteiger partial charge in [0.2, 0.25) is 0 Å². The number of hydrogen-bond donors (Lipinski definition) is 3. The Balaban J connectivity index is 0.000000673. The Hall–Kier alpha value is -3.98. The van der Waals surface area contributed by atoms with Gasteiger partial charge in [0.15, 0.2) is 14.6 Å². The first kappa shape index (κ1) is 31.2. The Morgan fingerprint density at radius 2 is 1.62 bits per heavy atom. The van der Waals surface area contributed by atoms with Crippen LogP contribution in [-0.2, 0) is 26.0 Å². The molecule has 0 bridgehead atoms. The maximum absolute atomic E-state index is 12.9. The quantitative estimate of drug-likeness (QED) is 0.286. The second-order valence-corrected chi connectivity index (χ2v) is 11.4. The minimum Gasteiger partial charge on any atom is -0.475 e.